The molecule has 2 atom stereocenters. The summed E-state index contributed by atoms with van der Waals surface area (Å²) in [5.41, 5.74) is 0. The van der Waals surface area contributed by atoms with Crippen LogP contribution in [0.15, 0.2) is 0 Å². The van der Waals surface area contributed by atoms with Gasteiger partial charge in [0.25, 0.3) is 0 Å². The van der Waals surface area contributed by atoms with Crippen LogP contribution >= 0.6 is 0 Å². The lowest BCUT2D eigenvalue weighted by Crippen LogP contribution is -1.85. The maximum Gasteiger partial charge on any atom is 0.0221 e. The van der Waals surface area contributed by atoms with Gasteiger partial charge < -0.3 is 0 Å². The summed E-state index contributed by atoms with van der Waals surface area (Å²) in [6.45, 7) is 4.48. The van der Waals surface area contributed by atoms with Crippen molar-refractivity contribution in [3.05, 3.63) is 0 Å². The van der Waals surface area contributed by atoms with E-state index in [2.05, 4.69) is 25.8 Å². The van der Waals surface area contributed by atoms with Crippen molar-refractivity contribution in [3.63, 3.8) is 0 Å². The summed E-state index contributed by atoms with van der Waals surface area (Å²) in [6.07, 6.45) is 0. The van der Waals surface area contributed by atoms with Crippen molar-refractivity contribution in [2.24, 2.45) is 0 Å². The van der Waals surface area contributed by atoms with Gasteiger partial charge in [-0.3, -0.25) is 4.90 Å². The Morgan fingerprint density at radius 1 is 1.17 bits per heavy atom. The predicted octanol–water partition coefficient (Wildman–Crippen LogP) is 0.709. The van der Waals surface area contributed by atoms with Crippen LogP contribution in [-0.2, 0) is 0 Å². The minimum absolute atomic E-state index is 0.852. The van der Waals surface area contributed by atoms with Crippen LogP contribution < -0.4 is 0 Å². The normalized spacial score (nSPS) is 55.5. The van der Waals surface area contributed by atoms with Gasteiger partial charge in [0.15, 0.2) is 0 Å². The van der Waals surface area contributed by atoms with Crippen molar-refractivity contribution in [2.45, 2.75) is 25.9 Å². The molecule has 0 bridgehead atoms. The van der Waals surface area contributed by atoms with E-state index in [1.165, 1.54) is 0 Å². The SMILES string of the molecule is C[C@H]1[C@H](C)N1C. The number of hydrogen-bond donors (Lipinski definition) is 0. The van der Waals surface area contributed by atoms with E-state index in [0.717, 1.165) is 12.1 Å². The summed E-state index contributed by atoms with van der Waals surface area (Å²) in [5, 5.41) is 0. The summed E-state index contributed by atoms with van der Waals surface area (Å²) in [5.74, 6) is 0. The van der Waals surface area contributed by atoms with Crippen molar-refractivity contribution in [3.8, 4) is 0 Å². The van der Waals surface area contributed by atoms with Crippen LogP contribution in [0, 0.1) is 0 Å². The number of nitrogens with zero attached hydrogens (tertiary/aromatic N) is 1. The number of hydrogen-bond acceptors (Lipinski definition) is 1. The molecule has 0 aromatic heterocycles. The molecule has 1 aliphatic rings. The highest BCUT2D eigenvalue weighted by Crippen LogP contribution is 2.22. The predicted molar refractivity (Wildman–Crippen MR) is 26.7 cm³/mol. The van der Waals surface area contributed by atoms with Gasteiger partial charge in [-0.05, 0) is 20.9 Å². The number of likely N-dealkylation sites (N-methyl/N-ethyl adjacent to an activating group) is 1. The first-order valence-electron chi connectivity index (χ1n) is 2.45. The van der Waals surface area contributed by atoms with Crippen LogP contribution in [0.5, 0.6) is 0 Å². The minimum atomic E-state index is 0.852. The molecule has 1 fully saturated rings. The van der Waals surface area contributed by atoms with Crippen LogP contribution in [0.25, 0.3) is 0 Å². The molecule has 0 unspecified atom stereocenters. The van der Waals surface area contributed by atoms with Crippen molar-refractivity contribution in [1.82, 2.24) is 4.90 Å². The molecule has 1 saturated heterocycles. The van der Waals surface area contributed by atoms with E-state index < -0.39 is 0 Å². The third-order valence-corrected chi connectivity index (χ3v) is 1.89. The zero-order valence-electron chi connectivity index (χ0n) is 4.60. The Hall–Kier alpha value is -0.0400. The second-order valence-electron chi connectivity index (χ2n) is 2.15. The van der Waals surface area contributed by atoms with Crippen molar-refractivity contribution < 1.29 is 0 Å². The Morgan fingerprint density at radius 2 is 1.33 bits per heavy atom. The fourth-order valence-corrected chi connectivity index (χ4v) is 0.686. The Labute approximate surface area is 39.0 Å². The van der Waals surface area contributed by atoms with E-state index in [0.29, 0.717) is 0 Å². The Balaban J connectivity index is 2.31. The zero-order valence-corrected chi connectivity index (χ0v) is 4.60. The second kappa shape index (κ2) is 0.969. The Morgan fingerprint density at radius 3 is 1.33 bits per heavy atom. The molecule has 1 heterocycles. The van der Waals surface area contributed by atoms with E-state index in [1.807, 2.05) is 0 Å². The molecule has 0 aromatic rings. The molecule has 0 aliphatic carbocycles. The van der Waals surface area contributed by atoms with E-state index in [9.17, 15) is 0 Å². The van der Waals surface area contributed by atoms with Gasteiger partial charge in [0.05, 0.1) is 0 Å². The molecule has 0 spiro atoms. The fourth-order valence-electron chi connectivity index (χ4n) is 0.686. The summed E-state index contributed by atoms with van der Waals surface area (Å²) in [6, 6.07) is 1.70. The first kappa shape index (κ1) is 4.13. The lowest BCUT2D eigenvalue weighted by Gasteiger charge is -1.77. The molecule has 0 saturated carbocycles. The van der Waals surface area contributed by atoms with Gasteiger partial charge in [0.2, 0.25) is 0 Å². The Kier molecular flexibility index (Phi) is 0.667. The van der Waals surface area contributed by atoms with Crippen LogP contribution in [-0.4, -0.2) is 24.0 Å². The maximum absolute atomic E-state index is 2.33. The third-order valence-electron chi connectivity index (χ3n) is 1.89. The molecular formula is C5H11N. The first-order valence-corrected chi connectivity index (χ1v) is 2.45. The average Bonchev–Trinajstić information content (AvgIpc) is 1.94. The largest absolute Gasteiger partial charge is 0.298 e. The van der Waals surface area contributed by atoms with Crippen LogP contribution in [0.1, 0.15) is 13.8 Å². The van der Waals surface area contributed by atoms with E-state index >= 15 is 0 Å². The van der Waals surface area contributed by atoms with Gasteiger partial charge >= 0.3 is 0 Å². The molecule has 0 aromatic carbocycles. The van der Waals surface area contributed by atoms with Gasteiger partial charge in [-0.2, -0.15) is 0 Å². The van der Waals surface area contributed by atoms with Crippen molar-refractivity contribution in [1.29, 1.82) is 0 Å². The zero-order chi connectivity index (χ0) is 4.73. The standard InChI is InChI=1S/C5H11N/c1-4-5(2)6(4)3/h4-5H,1-3H3/t4-,5-/m0/s1. The molecule has 1 heteroatoms. The lowest BCUT2D eigenvalue weighted by atomic mass is 10.4. The lowest BCUT2D eigenvalue weighted by molar-refractivity contribution is 0.605. The third kappa shape index (κ3) is 0.350. The van der Waals surface area contributed by atoms with Gasteiger partial charge in [-0.15, -0.1) is 0 Å². The highest BCUT2D eigenvalue weighted by molar-refractivity contribution is 4.91. The van der Waals surface area contributed by atoms with Gasteiger partial charge in [-0.1, -0.05) is 0 Å². The molecular weight excluding hydrogens is 74.1 g/mol. The first-order chi connectivity index (χ1) is 2.73. The van der Waals surface area contributed by atoms with Gasteiger partial charge in [0, 0.05) is 12.1 Å². The quantitative estimate of drug-likeness (QED) is 0.391. The van der Waals surface area contributed by atoms with Crippen molar-refractivity contribution in [2.75, 3.05) is 7.05 Å². The highest BCUT2D eigenvalue weighted by atomic mass is 15.3. The minimum Gasteiger partial charge on any atom is -0.298 e. The molecule has 1 aliphatic heterocycles. The fraction of sp³-hybridized carbons (Fsp3) is 1.00. The Bertz CT molecular complexity index is 40.7. The van der Waals surface area contributed by atoms with Crippen LogP contribution in [0.3, 0.4) is 0 Å². The van der Waals surface area contributed by atoms with E-state index in [1.54, 1.807) is 0 Å². The summed E-state index contributed by atoms with van der Waals surface area (Å²) >= 11 is 0. The smallest absolute Gasteiger partial charge is 0.0221 e. The van der Waals surface area contributed by atoms with Crippen molar-refractivity contribution >= 4 is 0 Å². The monoisotopic (exact) mass is 85.1 g/mol. The molecule has 0 amide bonds. The topological polar surface area (TPSA) is 3.01 Å². The van der Waals surface area contributed by atoms with Crippen LogP contribution in [0.4, 0.5) is 0 Å². The summed E-state index contributed by atoms with van der Waals surface area (Å²) in [7, 11) is 2.15. The summed E-state index contributed by atoms with van der Waals surface area (Å²) < 4.78 is 0. The van der Waals surface area contributed by atoms with Gasteiger partial charge in [0.1, 0.15) is 0 Å². The molecule has 1 nitrogen and oxygen atoms in total. The van der Waals surface area contributed by atoms with Gasteiger partial charge in [-0.25, -0.2) is 0 Å². The molecule has 36 valence electrons. The number of rotatable bonds is 0. The van der Waals surface area contributed by atoms with Crippen LogP contribution in [0.2, 0.25) is 0 Å². The second-order valence-corrected chi connectivity index (χ2v) is 2.15. The summed E-state index contributed by atoms with van der Waals surface area (Å²) in [4.78, 5) is 2.33. The van der Waals surface area contributed by atoms with E-state index in [4.69, 9.17) is 0 Å². The molecule has 0 N–H and O–H groups in total. The molecule has 0 radical (unpaired) electrons. The van der Waals surface area contributed by atoms with E-state index in [-0.39, 0.29) is 0 Å². The maximum atomic E-state index is 2.33. The average molecular weight is 85.2 g/mol. The highest BCUT2D eigenvalue weighted by Gasteiger charge is 2.34. The molecule has 1 rings (SSSR count). The molecule has 6 heavy (non-hydrogen) atoms.